The van der Waals surface area contributed by atoms with Crippen molar-refractivity contribution in [2.45, 2.75) is 32.5 Å². The van der Waals surface area contributed by atoms with E-state index in [2.05, 4.69) is 25.7 Å². The molecule has 1 atom stereocenters. The Morgan fingerprint density at radius 2 is 2.20 bits per heavy atom. The van der Waals surface area contributed by atoms with E-state index < -0.39 is 0 Å². The number of aliphatic hydroxyl groups is 1. The molecule has 1 aliphatic rings. The quantitative estimate of drug-likeness (QED) is 0.744. The van der Waals surface area contributed by atoms with Gasteiger partial charge in [-0.15, -0.1) is 0 Å². The van der Waals surface area contributed by atoms with Crippen LogP contribution in [0.3, 0.4) is 0 Å². The summed E-state index contributed by atoms with van der Waals surface area (Å²) in [5, 5.41) is 8.98. The van der Waals surface area contributed by atoms with Crippen LogP contribution in [0.2, 0.25) is 0 Å². The molecule has 1 fully saturated rings. The number of hydrogen-bond acceptors (Lipinski definition) is 4. The third kappa shape index (κ3) is 5.47. The summed E-state index contributed by atoms with van der Waals surface area (Å²) in [4.78, 5) is 2.27. The first kappa shape index (κ1) is 12.9. The van der Waals surface area contributed by atoms with Crippen molar-refractivity contribution in [3.8, 4) is 0 Å². The Morgan fingerprint density at radius 3 is 2.80 bits per heavy atom. The van der Waals surface area contributed by atoms with Gasteiger partial charge in [0.25, 0.3) is 0 Å². The summed E-state index contributed by atoms with van der Waals surface area (Å²) in [6, 6.07) is 0. The molecule has 15 heavy (non-hydrogen) atoms. The van der Waals surface area contributed by atoms with Crippen LogP contribution in [0, 0.1) is 0 Å². The molecular formula is C11H23NO3. The van der Waals surface area contributed by atoms with Crippen LogP contribution >= 0.6 is 0 Å². The largest absolute Gasteiger partial charge is 0.394 e. The Kier molecular flexibility index (Phi) is 4.99. The topological polar surface area (TPSA) is 41.9 Å². The van der Waals surface area contributed by atoms with Crippen molar-refractivity contribution in [3.63, 3.8) is 0 Å². The van der Waals surface area contributed by atoms with Crippen LogP contribution < -0.4 is 0 Å². The highest BCUT2D eigenvalue weighted by molar-refractivity contribution is 4.70. The highest BCUT2D eigenvalue weighted by Crippen LogP contribution is 2.08. The van der Waals surface area contributed by atoms with Crippen molar-refractivity contribution in [3.05, 3.63) is 0 Å². The molecule has 1 unspecified atom stereocenters. The molecule has 0 aromatic carbocycles. The van der Waals surface area contributed by atoms with E-state index in [9.17, 15) is 0 Å². The van der Waals surface area contributed by atoms with Gasteiger partial charge in [0, 0.05) is 19.6 Å². The monoisotopic (exact) mass is 217 g/mol. The third-order valence-corrected chi connectivity index (χ3v) is 2.37. The molecule has 0 saturated carbocycles. The molecular weight excluding hydrogens is 194 g/mol. The lowest BCUT2D eigenvalue weighted by atomic mass is 10.2. The Bertz CT molecular complexity index is 179. The lowest BCUT2D eigenvalue weighted by Gasteiger charge is -2.32. The molecule has 1 N–H and O–H groups in total. The maximum Gasteiger partial charge on any atom is 0.0932 e. The van der Waals surface area contributed by atoms with Crippen molar-refractivity contribution in [2.24, 2.45) is 0 Å². The second-order valence-electron chi connectivity index (χ2n) is 4.94. The SMILES string of the molecule is CC(C)(C)OCCN1CCOC(CO)C1. The van der Waals surface area contributed by atoms with Gasteiger partial charge in [-0.25, -0.2) is 0 Å². The standard InChI is InChI=1S/C11H23NO3/c1-11(2,3)15-7-5-12-4-6-14-10(8-12)9-13/h10,13H,4-9H2,1-3H3. The van der Waals surface area contributed by atoms with Crippen LogP contribution in [0.25, 0.3) is 0 Å². The maximum absolute atomic E-state index is 8.98. The van der Waals surface area contributed by atoms with Gasteiger partial charge in [-0.2, -0.15) is 0 Å². The van der Waals surface area contributed by atoms with E-state index in [1.165, 1.54) is 0 Å². The van der Waals surface area contributed by atoms with E-state index in [1.807, 2.05) is 0 Å². The summed E-state index contributed by atoms with van der Waals surface area (Å²) in [5.41, 5.74) is -0.0668. The number of rotatable bonds is 4. The predicted molar refractivity (Wildman–Crippen MR) is 59.0 cm³/mol. The van der Waals surface area contributed by atoms with E-state index in [1.54, 1.807) is 0 Å². The van der Waals surface area contributed by atoms with Crippen molar-refractivity contribution in [1.82, 2.24) is 4.90 Å². The molecule has 0 spiro atoms. The number of nitrogens with zero attached hydrogens (tertiary/aromatic N) is 1. The summed E-state index contributed by atoms with van der Waals surface area (Å²) < 4.78 is 11.0. The molecule has 0 aromatic rings. The van der Waals surface area contributed by atoms with Crippen molar-refractivity contribution in [2.75, 3.05) is 39.5 Å². The number of hydrogen-bond donors (Lipinski definition) is 1. The molecule has 1 aliphatic heterocycles. The van der Waals surface area contributed by atoms with Gasteiger partial charge in [0.05, 0.1) is 31.5 Å². The molecule has 90 valence electrons. The second kappa shape index (κ2) is 5.80. The lowest BCUT2D eigenvalue weighted by molar-refractivity contribution is -0.0685. The molecule has 1 heterocycles. The van der Waals surface area contributed by atoms with Gasteiger partial charge >= 0.3 is 0 Å². The molecule has 4 heteroatoms. The summed E-state index contributed by atoms with van der Waals surface area (Å²) in [6.45, 7) is 10.4. The van der Waals surface area contributed by atoms with Crippen LogP contribution in [0.5, 0.6) is 0 Å². The van der Waals surface area contributed by atoms with Gasteiger partial charge in [0.15, 0.2) is 0 Å². The fourth-order valence-electron chi connectivity index (χ4n) is 1.57. The molecule has 1 saturated heterocycles. The van der Waals surface area contributed by atoms with Gasteiger partial charge in [-0.1, -0.05) is 0 Å². The Labute approximate surface area is 92.2 Å². The highest BCUT2D eigenvalue weighted by atomic mass is 16.5. The van der Waals surface area contributed by atoms with Crippen LogP contribution in [0.1, 0.15) is 20.8 Å². The van der Waals surface area contributed by atoms with Crippen molar-refractivity contribution < 1.29 is 14.6 Å². The molecule has 1 rings (SSSR count). The predicted octanol–water partition coefficient (Wildman–Crippen LogP) is 0.495. The van der Waals surface area contributed by atoms with Crippen molar-refractivity contribution in [1.29, 1.82) is 0 Å². The van der Waals surface area contributed by atoms with Crippen LogP contribution in [-0.2, 0) is 9.47 Å². The number of aliphatic hydroxyl groups excluding tert-OH is 1. The smallest absolute Gasteiger partial charge is 0.0932 e. The van der Waals surface area contributed by atoms with Crippen LogP contribution in [0.15, 0.2) is 0 Å². The normalized spacial score (nSPS) is 24.4. The number of morpholine rings is 1. The first-order valence-corrected chi connectivity index (χ1v) is 5.60. The van der Waals surface area contributed by atoms with Gasteiger partial charge in [0.1, 0.15) is 0 Å². The minimum Gasteiger partial charge on any atom is -0.394 e. The Balaban J connectivity index is 2.15. The Morgan fingerprint density at radius 1 is 1.47 bits per heavy atom. The first-order valence-electron chi connectivity index (χ1n) is 5.60. The van der Waals surface area contributed by atoms with Gasteiger partial charge in [-0.3, -0.25) is 4.90 Å². The molecule has 0 radical (unpaired) electrons. The summed E-state index contributed by atoms with van der Waals surface area (Å²) >= 11 is 0. The molecule has 0 aliphatic carbocycles. The zero-order valence-corrected chi connectivity index (χ0v) is 10.0. The second-order valence-corrected chi connectivity index (χ2v) is 4.94. The lowest BCUT2D eigenvalue weighted by Crippen LogP contribution is -2.45. The fourth-order valence-corrected chi connectivity index (χ4v) is 1.57. The average Bonchev–Trinajstić information content (AvgIpc) is 2.16. The molecule has 0 amide bonds. The highest BCUT2D eigenvalue weighted by Gasteiger charge is 2.19. The molecule has 4 nitrogen and oxygen atoms in total. The average molecular weight is 217 g/mol. The van der Waals surface area contributed by atoms with E-state index in [4.69, 9.17) is 14.6 Å². The van der Waals surface area contributed by atoms with Crippen LogP contribution in [0.4, 0.5) is 0 Å². The summed E-state index contributed by atoms with van der Waals surface area (Å²) in [5.74, 6) is 0. The minimum absolute atomic E-state index is 0.0200. The first-order chi connectivity index (χ1) is 7.01. The fraction of sp³-hybridized carbons (Fsp3) is 1.00. The van der Waals surface area contributed by atoms with Crippen LogP contribution in [-0.4, -0.2) is 61.2 Å². The van der Waals surface area contributed by atoms with E-state index in [0.717, 1.165) is 26.2 Å². The van der Waals surface area contributed by atoms with Gasteiger partial charge in [-0.05, 0) is 20.8 Å². The number of ether oxygens (including phenoxy) is 2. The zero-order chi connectivity index (χ0) is 11.3. The van der Waals surface area contributed by atoms with E-state index >= 15 is 0 Å². The summed E-state index contributed by atoms with van der Waals surface area (Å²) in [6.07, 6.45) is -0.0200. The van der Waals surface area contributed by atoms with E-state index in [-0.39, 0.29) is 18.3 Å². The minimum atomic E-state index is -0.0668. The zero-order valence-electron chi connectivity index (χ0n) is 10.0. The Hall–Kier alpha value is -0.160. The van der Waals surface area contributed by atoms with Gasteiger partial charge < -0.3 is 14.6 Å². The van der Waals surface area contributed by atoms with Crippen molar-refractivity contribution >= 4 is 0 Å². The summed E-state index contributed by atoms with van der Waals surface area (Å²) in [7, 11) is 0. The molecule has 0 aromatic heterocycles. The third-order valence-electron chi connectivity index (χ3n) is 2.37. The molecule has 0 bridgehead atoms. The maximum atomic E-state index is 8.98. The van der Waals surface area contributed by atoms with Gasteiger partial charge in [0.2, 0.25) is 0 Å². The van der Waals surface area contributed by atoms with E-state index in [0.29, 0.717) is 6.61 Å².